The van der Waals surface area contributed by atoms with Gasteiger partial charge in [-0.25, -0.2) is 0 Å². The molecular weight excluding hydrogens is 854 g/mol. The number of terminal acetylenes is 1. The van der Waals surface area contributed by atoms with Crippen LogP contribution in [0, 0.1) is 41.1 Å². The van der Waals surface area contributed by atoms with Gasteiger partial charge < -0.3 is 36.1 Å². The van der Waals surface area contributed by atoms with Crippen molar-refractivity contribution in [1.29, 1.82) is 0 Å². The number of nitrogens with two attached hydrogens (primary N) is 3. The van der Waals surface area contributed by atoms with E-state index in [4.69, 9.17) is 42.6 Å². The summed E-state index contributed by atoms with van der Waals surface area (Å²) in [6.45, 7) is 6.64. The quantitative estimate of drug-likeness (QED) is 0.0453. The van der Waals surface area contributed by atoms with Crippen molar-refractivity contribution in [3.8, 4) is 46.8 Å². The average Bonchev–Trinajstić information content (AvgIpc) is 3.05. The number of methoxy groups -OCH3 is 4. The summed E-state index contributed by atoms with van der Waals surface area (Å²) >= 11 is 4.25. The molecule has 6 N–H and O–H groups in total. The third-order valence-electron chi connectivity index (χ3n) is 5.70. The van der Waals surface area contributed by atoms with Gasteiger partial charge in [0.25, 0.3) is 5.69 Å². The van der Waals surface area contributed by atoms with E-state index in [1.54, 1.807) is 51.7 Å². The molecule has 0 spiro atoms. The van der Waals surface area contributed by atoms with E-state index < -0.39 is 13.0 Å². The Morgan fingerprint density at radius 1 is 0.667 bits per heavy atom. The van der Waals surface area contributed by atoms with Gasteiger partial charge in [0.05, 0.1) is 57.7 Å². The van der Waals surface area contributed by atoms with Gasteiger partial charge in [-0.3, -0.25) is 10.1 Å². The third-order valence-corrected chi connectivity index (χ3v) is 8.36. The standard InChI is InChI=1S/C12H17NOSi.C9H9NO.C7H6INO3.C7H8INO/c1-14-12-9-11(13)6-5-10(12)7-8-15(2,3)4;1-3-7-4-5-8(10)6-9(7)11-2;1-12-7-4-5(9(10)11)2-3-6(7)8;1-10-7-4-5(9)2-3-6(7)8/h5-6,9H,13H2,1-4H3;1,4-6H,10H2,2H3;2-4H,1H3;2-4H,9H2,1H3. The summed E-state index contributed by atoms with van der Waals surface area (Å²) in [4.78, 5) is 9.88. The van der Waals surface area contributed by atoms with Crippen LogP contribution in [0.15, 0.2) is 72.8 Å². The lowest BCUT2D eigenvalue weighted by molar-refractivity contribution is -0.384. The van der Waals surface area contributed by atoms with Crippen molar-refractivity contribution in [3.63, 3.8) is 0 Å². The first kappa shape index (κ1) is 41.7. The van der Waals surface area contributed by atoms with Crippen LogP contribution in [-0.2, 0) is 0 Å². The molecule has 0 aliphatic carbocycles. The molecule has 0 atom stereocenters. The van der Waals surface area contributed by atoms with Gasteiger partial charge in [-0.15, -0.1) is 12.0 Å². The van der Waals surface area contributed by atoms with Gasteiger partial charge in [0.15, 0.2) is 0 Å². The first-order valence-electron chi connectivity index (χ1n) is 14.0. The van der Waals surface area contributed by atoms with Crippen molar-refractivity contribution >= 4 is 76.0 Å². The Labute approximate surface area is 311 Å². The minimum Gasteiger partial charge on any atom is -0.496 e. The largest absolute Gasteiger partial charge is 0.496 e. The summed E-state index contributed by atoms with van der Waals surface area (Å²) in [5.41, 5.74) is 23.8. The lowest BCUT2D eigenvalue weighted by Crippen LogP contribution is -2.16. The molecule has 0 radical (unpaired) electrons. The minimum absolute atomic E-state index is 0.0484. The SMILES string of the molecule is C#Cc1ccc(N)cc1OC.COc1cc(N)ccc1C#C[Si](C)(C)C.COc1cc(N)ccc1I.COc1cc([N+](=O)[O-])ccc1I. The maximum Gasteiger partial charge on any atom is 0.273 e. The van der Waals surface area contributed by atoms with Crippen LogP contribution in [0.25, 0.3) is 0 Å². The first-order valence-corrected chi connectivity index (χ1v) is 19.7. The van der Waals surface area contributed by atoms with E-state index in [1.165, 1.54) is 19.2 Å². The number of rotatable bonds is 5. The van der Waals surface area contributed by atoms with E-state index in [0.717, 1.165) is 35.5 Å². The molecule has 4 aromatic carbocycles. The molecule has 0 fully saturated rings. The highest BCUT2D eigenvalue weighted by atomic mass is 127. The van der Waals surface area contributed by atoms with Crippen LogP contribution in [0.2, 0.25) is 19.6 Å². The van der Waals surface area contributed by atoms with Gasteiger partial charge in [-0.1, -0.05) is 31.5 Å². The maximum atomic E-state index is 10.3. The summed E-state index contributed by atoms with van der Waals surface area (Å²) in [6.07, 6.45) is 5.21. The highest BCUT2D eigenvalue weighted by Gasteiger charge is 2.09. The van der Waals surface area contributed by atoms with E-state index >= 15 is 0 Å². The molecule has 254 valence electrons. The Morgan fingerprint density at radius 2 is 1.06 bits per heavy atom. The number of benzene rings is 4. The second kappa shape index (κ2) is 20.8. The summed E-state index contributed by atoms with van der Waals surface area (Å²) < 4.78 is 22.1. The highest BCUT2D eigenvalue weighted by molar-refractivity contribution is 14.1. The number of nitrogens with zero attached hydrogens (tertiary/aromatic N) is 1. The van der Waals surface area contributed by atoms with Gasteiger partial charge in [-0.2, -0.15) is 0 Å². The van der Waals surface area contributed by atoms with E-state index in [-0.39, 0.29) is 5.69 Å². The molecule has 0 saturated carbocycles. The molecule has 4 aromatic rings. The predicted octanol–water partition coefficient (Wildman–Crippen LogP) is 7.86. The number of nitrogen functional groups attached to an aromatic ring is 3. The van der Waals surface area contributed by atoms with Crippen LogP contribution in [0.1, 0.15) is 11.1 Å². The smallest absolute Gasteiger partial charge is 0.273 e. The highest BCUT2D eigenvalue weighted by Crippen LogP contribution is 2.26. The number of non-ortho nitro benzene ring substituents is 1. The molecule has 0 aliphatic heterocycles. The lowest BCUT2D eigenvalue weighted by atomic mass is 10.2. The van der Waals surface area contributed by atoms with Crippen molar-refractivity contribution < 1.29 is 23.9 Å². The maximum absolute atomic E-state index is 10.3. The monoisotopic (exact) mass is 894 g/mol. The molecular formula is C35H40I2N4O6Si. The minimum atomic E-state index is -1.34. The Kier molecular flexibility index (Phi) is 18.1. The number of anilines is 3. The second-order valence-corrected chi connectivity index (χ2v) is 17.6. The zero-order valence-corrected chi connectivity index (χ0v) is 33.2. The molecule has 13 heteroatoms. The molecule has 48 heavy (non-hydrogen) atoms. The van der Waals surface area contributed by atoms with E-state index in [9.17, 15) is 10.1 Å². The molecule has 10 nitrogen and oxygen atoms in total. The summed E-state index contributed by atoms with van der Waals surface area (Å²) in [7, 11) is 4.98. The number of hydrogen-bond donors (Lipinski definition) is 3. The normalized spacial score (nSPS) is 9.58. The van der Waals surface area contributed by atoms with Crippen molar-refractivity contribution in [2.45, 2.75) is 19.6 Å². The first-order chi connectivity index (χ1) is 22.6. The van der Waals surface area contributed by atoms with Gasteiger partial charge >= 0.3 is 0 Å². The van der Waals surface area contributed by atoms with Gasteiger partial charge in [-0.05, 0) is 87.6 Å². The molecule has 0 amide bonds. The molecule has 4 rings (SSSR count). The molecule has 0 aliphatic rings. The zero-order valence-electron chi connectivity index (χ0n) is 27.9. The van der Waals surface area contributed by atoms with Crippen LogP contribution in [0.5, 0.6) is 23.0 Å². The number of ether oxygens (including phenoxy) is 4. The van der Waals surface area contributed by atoms with Crippen molar-refractivity contribution in [3.05, 3.63) is 101 Å². The van der Waals surface area contributed by atoms with Crippen molar-refractivity contribution in [2.24, 2.45) is 0 Å². The molecule has 0 unspecified atom stereocenters. The number of halogens is 2. The lowest BCUT2D eigenvalue weighted by Gasteiger charge is -2.06. The zero-order chi connectivity index (χ0) is 36.4. The number of hydrogen-bond acceptors (Lipinski definition) is 9. The fraction of sp³-hybridized carbons (Fsp3) is 0.200. The number of nitro benzene ring substituents is 1. The van der Waals surface area contributed by atoms with Gasteiger partial charge in [0.1, 0.15) is 31.1 Å². The Balaban J connectivity index is 0.000000324. The van der Waals surface area contributed by atoms with E-state index in [0.29, 0.717) is 22.9 Å². The average molecular weight is 895 g/mol. The Morgan fingerprint density at radius 3 is 1.48 bits per heavy atom. The van der Waals surface area contributed by atoms with Crippen molar-refractivity contribution in [1.82, 2.24) is 0 Å². The fourth-order valence-corrected chi connectivity index (χ4v) is 4.95. The molecule has 0 saturated heterocycles. The van der Waals surface area contributed by atoms with Gasteiger partial charge in [0.2, 0.25) is 0 Å². The molecule has 0 bridgehead atoms. The Hall–Kier alpha value is -4.32. The van der Waals surface area contributed by atoms with Crippen LogP contribution in [-0.4, -0.2) is 41.4 Å². The molecule has 0 aromatic heterocycles. The fourth-order valence-electron chi connectivity index (χ4n) is 3.33. The topological polar surface area (TPSA) is 158 Å². The van der Waals surface area contributed by atoms with Gasteiger partial charge in [0, 0.05) is 41.3 Å². The third kappa shape index (κ3) is 15.1. The van der Waals surface area contributed by atoms with Crippen LogP contribution in [0.4, 0.5) is 22.7 Å². The van der Waals surface area contributed by atoms with E-state index in [1.807, 2.05) is 30.3 Å². The van der Waals surface area contributed by atoms with Crippen LogP contribution in [0.3, 0.4) is 0 Å². The summed E-state index contributed by atoms with van der Waals surface area (Å²) in [5, 5.41) is 10.3. The summed E-state index contributed by atoms with van der Waals surface area (Å²) in [5.74, 6) is 8.42. The van der Waals surface area contributed by atoms with Crippen LogP contribution < -0.4 is 36.1 Å². The molecule has 0 heterocycles. The predicted molar refractivity (Wildman–Crippen MR) is 215 cm³/mol. The summed E-state index contributed by atoms with van der Waals surface area (Å²) in [6, 6.07) is 20.8. The van der Waals surface area contributed by atoms with E-state index in [2.05, 4.69) is 82.2 Å². The van der Waals surface area contributed by atoms with Crippen molar-refractivity contribution in [2.75, 3.05) is 45.6 Å². The second-order valence-electron chi connectivity index (χ2n) is 10.5. The van der Waals surface area contributed by atoms with Crippen LogP contribution >= 0.6 is 45.2 Å². The number of nitro groups is 1. The Bertz CT molecular complexity index is 1780.